The van der Waals surface area contributed by atoms with Crippen molar-refractivity contribution < 1.29 is 23.9 Å². The Kier molecular flexibility index (Phi) is 17.0. The van der Waals surface area contributed by atoms with Crippen LogP contribution in [0.1, 0.15) is 153 Å². The molecule has 6 aromatic carbocycles. The molecule has 2 fully saturated rings. The van der Waals surface area contributed by atoms with Crippen LogP contribution < -0.4 is 5.32 Å². The molecular weight excluding hydrogens is 900 g/mol. The van der Waals surface area contributed by atoms with E-state index in [1.54, 1.807) is 0 Å². The lowest BCUT2D eigenvalue weighted by Gasteiger charge is -2.36. The molecule has 2 amide bonds. The molecule has 0 bridgehead atoms. The van der Waals surface area contributed by atoms with Crippen molar-refractivity contribution in [3.05, 3.63) is 201 Å². The first-order valence-corrected chi connectivity index (χ1v) is 26.9. The van der Waals surface area contributed by atoms with Crippen LogP contribution in [-0.4, -0.2) is 48.6 Å². The van der Waals surface area contributed by atoms with Crippen LogP contribution in [0.3, 0.4) is 0 Å². The summed E-state index contributed by atoms with van der Waals surface area (Å²) in [5.41, 5.74) is 9.39. The number of hydrogen-bond donors (Lipinski definition) is 1. The van der Waals surface area contributed by atoms with E-state index in [1.807, 2.05) is 83.8 Å². The van der Waals surface area contributed by atoms with E-state index >= 15 is 0 Å². The maximum absolute atomic E-state index is 14.1. The number of aryl methyl sites for hydroxylation is 1. The highest BCUT2D eigenvalue weighted by Crippen LogP contribution is 2.46. The molecule has 3 aliphatic rings. The van der Waals surface area contributed by atoms with E-state index in [0.717, 1.165) is 71.9 Å². The molecule has 1 saturated carbocycles. The first kappa shape index (κ1) is 49.8. The number of halogens is 1. The lowest BCUT2D eigenvalue weighted by Crippen LogP contribution is -2.51. The van der Waals surface area contributed by atoms with Crippen molar-refractivity contribution in [1.29, 1.82) is 0 Å². The van der Waals surface area contributed by atoms with E-state index in [0.29, 0.717) is 36.9 Å². The van der Waals surface area contributed by atoms with Gasteiger partial charge in [0.15, 0.2) is 5.60 Å². The molecule has 71 heavy (non-hydrogen) atoms. The fourth-order valence-electron chi connectivity index (χ4n) is 11.4. The van der Waals surface area contributed by atoms with Crippen LogP contribution >= 0.6 is 11.6 Å². The number of esters is 1. The molecule has 8 heteroatoms. The van der Waals surface area contributed by atoms with Crippen LogP contribution in [0.25, 0.3) is 11.1 Å². The molecule has 1 heterocycles. The summed E-state index contributed by atoms with van der Waals surface area (Å²) in [4.78, 5) is 43.5. The van der Waals surface area contributed by atoms with E-state index in [1.165, 1.54) is 73.6 Å². The Morgan fingerprint density at radius 2 is 1.18 bits per heavy atom. The largest absolute Gasteiger partial charge is 0.449 e. The lowest BCUT2D eigenvalue weighted by atomic mass is 9.79. The molecule has 9 rings (SSSR count). The second-order valence-electron chi connectivity index (χ2n) is 20.0. The number of benzene rings is 6. The standard InChI is InChI=1S/C63H69ClN2O5/c64-58-32-19-18-31-57(58)63(50-25-11-6-12-26-50,51-40-38-49(39-41-51)48-23-9-3-1-2-4-10-24-48)71-60(67)33-13-5-8-22-46-34-36-47(37-35-46)44-59(61(68)66-42-20-7-21-43-66)65-62(69)70-45-56-54-29-16-14-27-52(54)53-28-15-17-30-55(53)56/h6,11-12,14-19,25-32,34-41,48,56,59H,1-5,7-10,13,20-24,33,42-45H2,(H,65,69)/t59-,63?/m0/s1. The third kappa shape index (κ3) is 12.1. The van der Waals surface area contributed by atoms with Gasteiger partial charge in [0.2, 0.25) is 5.91 Å². The summed E-state index contributed by atoms with van der Waals surface area (Å²) in [6, 6.07) is 50.7. The Morgan fingerprint density at radius 1 is 0.606 bits per heavy atom. The number of amides is 2. The number of piperidine rings is 1. The highest BCUT2D eigenvalue weighted by molar-refractivity contribution is 6.31. The molecule has 2 atom stereocenters. The molecule has 2 aliphatic carbocycles. The van der Waals surface area contributed by atoms with Gasteiger partial charge in [-0.1, -0.05) is 202 Å². The smallest absolute Gasteiger partial charge is 0.407 e. The molecule has 1 N–H and O–H groups in total. The zero-order valence-corrected chi connectivity index (χ0v) is 41.9. The first-order valence-electron chi connectivity index (χ1n) is 26.5. The predicted molar refractivity (Wildman–Crippen MR) is 285 cm³/mol. The van der Waals surface area contributed by atoms with Gasteiger partial charge < -0.3 is 19.7 Å². The van der Waals surface area contributed by atoms with Crippen LogP contribution in [0.5, 0.6) is 0 Å². The minimum absolute atomic E-state index is 0.0672. The van der Waals surface area contributed by atoms with Crippen molar-refractivity contribution in [2.75, 3.05) is 19.7 Å². The summed E-state index contributed by atoms with van der Waals surface area (Å²) < 4.78 is 12.7. The van der Waals surface area contributed by atoms with Crippen LogP contribution in [0.15, 0.2) is 152 Å². The first-order chi connectivity index (χ1) is 34.9. The molecule has 1 saturated heterocycles. The van der Waals surface area contributed by atoms with Crippen molar-refractivity contribution >= 4 is 29.6 Å². The number of ether oxygens (including phenoxy) is 2. The Bertz CT molecular complexity index is 2640. The van der Waals surface area contributed by atoms with Gasteiger partial charge in [0.1, 0.15) is 12.6 Å². The Labute approximate surface area is 426 Å². The minimum atomic E-state index is -1.22. The summed E-state index contributed by atoms with van der Waals surface area (Å²) >= 11 is 7.03. The quantitative estimate of drug-likeness (QED) is 0.0559. The Morgan fingerprint density at radius 3 is 1.86 bits per heavy atom. The van der Waals surface area contributed by atoms with Gasteiger partial charge in [-0.3, -0.25) is 9.59 Å². The van der Waals surface area contributed by atoms with Gasteiger partial charge in [-0.2, -0.15) is 0 Å². The summed E-state index contributed by atoms with van der Waals surface area (Å²) in [6.07, 6.45) is 16.6. The number of carbonyl (C=O) groups excluding carboxylic acids is 3. The summed E-state index contributed by atoms with van der Waals surface area (Å²) in [7, 11) is 0. The second kappa shape index (κ2) is 24.3. The van der Waals surface area contributed by atoms with Gasteiger partial charge in [-0.15, -0.1) is 0 Å². The molecule has 0 spiro atoms. The average Bonchev–Trinajstić information content (AvgIpc) is 3.80. The number of fused-ring (bicyclic) bond motifs is 3. The van der Waals surface area contributed by atoms with Gasteiger partial charge in [0.05, 0.1) is 0 Å². The van der Waals surface area contributed by atoms with E-state index < -0.39 is 17.7 Å². The normalized spacial score (nSPS) is 16.5. The molecule has 0 aromatic heterocycles. The zero-order valence-electron chi connectivity index (χ0n) is 41.2. The minimum Gasteiger partial charge on any atom is -0.449 e. The van der Waals surface area contributed by atoms with Gasteiger partial charge >= 0.3 is 12.1 Å². The van der Waals surface area contributed by atoms with Crippen LogP contribution in [0.2, 0.25) is 5.02 Å². The summed E-state index contributed by atoms with van der Waals surface area (Å²) in [5, 5.41) is 3.52. The third-order valence-electron chi connectivity index (χ3n) is 15.3. The molecule has 1 aliphatic heterocycles. The van der Waals surface area contributed by atoms with Gasteiger partial charge in [0, 0.05) is 53.6 Å². The monoisotopic (exact) mass is 968 g/mol. The van der Waals surface area contributed by atoms with E-state index in [-0.39, 0.29) is 30.8 Å². The fourth-order valence-corrected chi connectivity index (χ4v) is 11.7. The highest BCUT2D eigenvalue weighted by Gasteiger charge is 2.42. The van der Waals surface area contributed by atoms with E-state index in [4.69, 9.17) is 21.1 Å². The number of carbonyl (C=O) groups is 3. The average molecular weight is 970 g/mol. The molecule has 368 valence electrons. The Balaban J connectivity index is 0.815. The van der Waals surface area contributed by atoms with Crippen molar-refractivity contribution in [2.24, 2.45) is 0 Å². The zero-order chi connectivity index (χ0) is 48.8. The summed E-state index contributed by atoms with van der Waals surface area (Å²) in [5.74, 6) is 0.135. The maximum Gasteiger partial charge on any atom is 0.407 e. The maximum atomic E-state index is 14.1. The number of hydrogen-bond acceptors (Lipinski definition) is 5. The third-order valence-corrected chi connectivity index (χ3v) is 15.6. The van der Waals surface area contributed by atoms with Crippen molar-refractivity contribution in [3.63, 3.8) is 0 Å². The lowest BCUT2D eigenvalue weighted by molar-refractivity contribution is -0.153. The number of nitrogens with zero attached hydrogens (tertiary/aromatic N) is 1. The Hall–Kier alpha value is -6.18. The van der Waals surface area contributed by atoms with Crippen LogP contribution in [0, 0.1) is 0 Å². The number of likely N-dealkylation sites (tertiary alicyclic amines) is 1. The SMILES string of the molecule is O=C(CCCCCc1ccc(C[C@H](NC(=O)OCC2c3ccccc3-c3ccccc32)C(=O)N2CCCCC2)cc1)OC(c1ccccc1)(c1ccc(C2CCCCCCCC2)cc1)c1ccccc1Cl. The highest BCUT2D eigenvalue weighted by atomic mass is 35.5. The topological polar surface area (TPSA) is 84.9 Å². The molecular formula is C63H69ClN2O5. The van der Waals surface area contributed by atoms with E-state index in [9.17, 15) is 14.4 Å². The van der Waals surface area contributed by atoms with Crippen LogP contribution in [0.4, 0.5) is 4.79 Å². The number of nitrogens with one attached hydrogen (secondary N) is 1. The summed E-state index contributed by atoms with van der Waals surface area (Å²) in [6.45, 7) is 1.58. The van der Waals surface area contributed by atoms with Crippen molar-refractivity contribution in [3.8, 4) is 11.1 Å². The van der Waals surface area contributed by atoms with Crippen LogP contribution in [-0.2, 0) is 37.5 Å². The van der Waals surface area contributed by atoms with Gasteiger partial charge in [-0.05, 0) is 102 Å². The van der Waals surface area contributed by atoms with Crippen molar-refractivity contribution in [2.45, 2.75) is 133 Å². The number of rotatable bonds is 17. The molecule has 1 unspecified atom stereocenters. The molecule has 6 aromatic rings. The molecule has 7 nitrogen and oxygen atoms in total. The fraction of sp³-hybridized carbons (Fsp3) is 0.381. The predicted octanol–water partition coefficient (Wildman–Crippen LogP) is 14.7. The number of unbranched alkanes of at least 4 members (excludes halogenated alkanes) is 2. The van der Waals surface area contributed by atoms with Gasteiger partial charge in [-0.25, -0.2) is 4.79 Å². The van der Waals surface area contributed by atoms with Crippen molar-refractivity contribution in [1.82, 2.24) is 10.2 Å². The van der Waals surface area contributed by atoms with E-state index in [2.05, 4.69) is 78.1 Å². The number of alkyl carbamates (subject to hydrolysis) is 1. The van der Waals surface area contributed by atoms with Gasteiger partial charge in [0.25, 0.3) is 0 Å². The molecule has 0 radical (unpaired) electrons. The second-order valence-corrected chi connectivity index (χ2v) is 20.4.